The van der Waals surface area contributed by atoms with Crippen molar-refractivity contribution in [3.63, 3.8) is 0 Å². The van der Waals surface area contributed by atoms with Gasteiger partial charge in [0, 0.05) is 11.2 Å². The predicted octanol–water partition coefficient (Wildman–Crippen LogP) is 2.45. The van der Waals surface area contributed by atoms with Gasteiger partial charge in [0.25, 0.3) is 0 Å². The minimum atomic E-state index is -1.01. The molecule has 2 rings (SSSR count). The fourth-order valence-electron chi connectivity index (χ4n) is 2.00. The average molecular weight is 248 g/mol. The van der Waals surface area contributed by atoms with E-state index in [0.717, 1.165) is 19.3 Å². The summed E-state index contributed by atoms with van der Waals surface area (Å²) in [6.45, 7) is 2.00. The van der Waals surface area contributed by atoms with Crippen LogP contribution < -0.4 is 10.6 Å². The first-order valence-electron chi connectivity index (χ1n) is 5.91. The quantitative estimate of drug-likeness (QED) is 0.768. The van der Waals surface area contributed by atoms with Gasteiger partial charge in [-0.25, -0.2) is 9.59 Å². The Balaban J connectivity index is 1.98. The van der Waals surface area contributed by atoms with Crippen LogP contribution in [0.1, 0.15) is 36.5 Å². The normalized spacial score (nSPS) is 16.5. The molecular formula is C13H16N2O3. The summed E-state index contributed by atoms with van der Waals surface area (Å²) < 4.78 is 0. The molecule has 18 heavy (non-hydrogen) atoms. The van der Waals surface area contributed by atoms with Crippen LogP contribution in [0.15, 0.2) is 24.3 Å². The summed E-state index contributed by atoms with van der Waals surface area (Å²) in [5, 5.41) is 14.4. The molecule has 5 nitrogen and oxygen atoms in total. The van der Waals surface area contributed by atoms with Crippen LogP contribution in [0.5, 0.6) is 0 Å². The van der Waals surface area contributed by atoms with Crippen LogP contribution in [0.2, 0.25) is 0 Å². The zero-order valence-electron chi connectivity index (χ0n) is 10.2. The molecule has 1 aromatic rings. The van der Waals surface area contributed by atoms with Gasteiger partial charge >= 0.3 is 12.0 Å². The van der Waals surface area contributed by atoms with Crippen LogP contribution in [0, 0.1) is 0 Å². The van der Waals surface area contributed by atoms with Gasteiger partial charge in [0.1, 0.15) is 0 Å². The summed E-state index contributed by atoms with van der Waals surface area (Å²) >= 11 is 0. The van der Waals surface area contributed by atoms with Gasteiger partial charge in [0.15, 0.2) is 0 Å². The number of nitrogens with one attached hydrogen (secondary N) is 2. The predicted molar refractivity (Wildman–Crippen MR) is 67.8 cm³/mol. The lowest BCUT2D eigenvalue weighted by Crippen LogP contribution is -2.52. The zero-order valence-corrected chi connectivity index (χ0v) is 10.2. The van der Waals surface area contributed by atoms with E-state index in [1.165, 1.54) is 12.1 Å². The second-order valence-corrected chi connectivity index (χ2v) is 4.88. The van der Waals surface area contributed by atoms with E-state index in [0.29, 0.717) is 5.69 Å². The van der Waals surface area contributed by atoms with Crippen LogP contribution >= 0.6 is 0 Å². The van der Waals surface area contributed by atoms with Crippen LogP contribution in [0.4, 0.5) is 10.5 Å². The highest BCUT2D eigenvalue weighted by molar-refractivity contribution is 5.93. The molecule has 0 aromatic heterocycles. The molecule has 0 heterocycles. The Kier molecular flexibility index (Phi) is 3.23. The topological polar surface area (TPSA) is 78.4 Å². The van der Waals surface area contributed by atoms with Crippen molar-refractivity contribution in [1.29, 1.82) is 0 Å². The lowest BCUT2D eigenvalue weighted by Gasteiger charge is -2.38. The van der Waals surface area contributed by atoms with Crippen molar-refractivity contribution < 1.29 is 14.7 Å². The van der Waals surface area contributed by atoms with Crippen LogP contribution in [0.3, 0.4) is 0 Å². The monoisotopic (exact) mass is 248 g/mol. The minimum absolute atomic E-state index is 0.117. The van der Waals surface area contributed by atoms with Gasteiger partial charge in [-0.05, 0) is 44.4 Å². The summed E-state index contributed by atoms with van der Waals surface area (Å²) in [4.78, 5) is 22.5. The summed E-state index contributed by atoms with van der Waals surface area (Å²) in [6.07, 6.45) is 3.09. The second kappa shape index (κ2) is 4.68. The van der Waals surface area contributed by atoms with Crippen molar-refractivity contribution in [2.75, 3.05) is 5.32 Å². The van der Waals surface area contributed by atoms with Crippen LogP contribution in [-0.4, -0.2) is 22.6 Å². The van der Waals surface area contributed by atoms with E-state index in [1.807, 2.05) is 6.92 Å². The molecule has 1 aliphatic rings. The smallest absolute Gasteiger partial charge is 0.335 e. The number of carbonyl (C=O) groups excluding carboxylic acids is 1. The molecule has 0 atom stereocenters. The number of rotatable bonds is 3. The number of hydrogen-bond acceptors (Lipinski definition) is 2. The molecule has 1 aromatic carbocycles. The molecule has 5 heteroatoms. The maximum atomic E-state index is 11.7. The molecule has 0 aliphatic heterocycles. The first-order chi connectivity index (χ1) is 8.48. The Morgan fingerprint density at radius 2 is 2.06 bits per heavy atom. The van der Waals surface area contributed by atoms with E-state index in [2.05, 4.69) is 10.6 Å². The number of anilines is 1. The molecule has 1 fully saturated rings. The molecule has 3 N–H and O–H groups in total. The molecule has 96 valence electrons. The van der Waals surface area contributed by atoms with E-state index < -0.39 is 5.97 Å². The molecule has 1 aliphatic carbocycles. The van der Waals surface area contributed by atoms with Gasteiger partial charge < -0.3 is 15.7 Å². The fraction of sp³-hybridized carbons (Fsp3) is 0.385. The van der Waals surface area contributed by atoms with Gasteiger partial charge in [-0.3, -0.25) is 0 Å². The van der Waals surface area contributed by atoms with Crippen LogP contribution in [0.25, 0.3) is 0 Å². The Labute approximate surface area is 105 Å². The summed E-state index contributed by atoms with van der Waals surface area (Å²) in [7, 11) is 0. The van der Waals surface area contributed by atoms with Crippen molar-refractivity contribution in [3.05, 3.63) is 29.8 Å². The number of carbonyl (C=O) groups is 2. The van der Waals surface area contributed by atoms with Crippen molar-refractivity contribution in [3.8, 4) is 0 Å². The maximum absolute atomic E-state index is 11.7. The summed E-state index contributed by atoms with van der Waals surface area (Å²) in [6, 6.07) is 5.89. The van der Waals surface area contributed by atoms with Gasteiger partial charge in [-0.15, -0.1) is 0 Å². The molecule has 1 saturated carbocycles. The molecule has 2 amide bonds. The average Bonchev–Trinajstić information content (AvgIpc) is 2.27. The highest BCUT2D eigenvalue weighted by Crippen LogP contribution is 2.30. The number of carboxylic acids is 1. The maximum Gasteiger partial charge on any atom is 0.335 e. The van der Waals surface area contributed by atoms with E-state index in [-0.39, 0.29) is 17.1 Å². The molecule has 0 radical (unpaired) electrons. The highest BCUT2D eigenvalue weighted by Gasteiger charge is 2.33. The number of urea groups is 1. The zero-order chi connectivity index (χ0) is 13.2. The third-order valence-electron chi connectivity index (χ3n) is 3.24. The SMILES string of the molecule is CC1(NC(=O)Nc2cccc(C(=O)O)c2)CCC1. The second-order valence-electron chi connectivity index (χ2n) is 4.88. The Morgan fingerprint density at radius 3 is 2.61 bits per heavy atom. The van der Waals surface area contributed by atoms with Gasteiger partial charge in [-0.2, -0.15) is 0 Å². The number of hydrogen-bond donors (Lipinski definition) is 3. The number of benzene rings is 1. The van der Waals surface area contributed by atoms with Gasteiger partial charge in [-0.1, -0.05) is 6.07 Å². The fourth-order valence-corrected chi connectivity index (χ4v) is 2.00. The standard InChI is InChI=1S/C13H16N2O3/c1-13(6-3-7-13)15-12(18)14-10-5-2-4-9(8-10)11(16)17/h2,4-5,8H,3,6-7H2,1H3,(H,16,17)(H2,14,15,18). The van der Waals surface area contributed by atoms with Gasteiger partial charge in [0.05, 0.1) is 5.56 Å². The van der Waals surface area contributed by atoms with Crippen molar-refractivity contribution >= 4 is 17.7 Å². The van der Waals surface area contributed by atoms with E-state index >= 15 is 0 Å². The van der Waals surface area contributed by atoms with Crippen molar-refractivity contribution in [1.82, 2.24) is 5.32 Å². The number of carboxylic acid groups (broad SMARTS) is 1. The van der Waals surface area contributed by atoms with Gasteiger partial charge in [0.2, 0.25) is 0 Å². The Morgan fingerprint density at radius 1 is 1.33 bits per heavy atom. The van der Waals surface area contributed by atoms with Crippen molar-refractivity contribution in [2.45, 2.75) is 31.7 Å². The molecule has 0 spiro atoms. The molecule has 0 saturated heterocycles. The molecule has 0 bridgehead atoms. The van der Waals surface area contributed by atoms with Crippen molar-refractivity contribution in [2.24, 2.45) is 0 Å². The highest BCUT2D eigenvalue weighted by atomic mass is 16.4. The first kappa shape index (κ1) is 12.4. The first-order valence-corrected chi connectivity index (χ1v) is 5.91. The summed E-state index contributed by atoms with van der Waals surface area (Å²) in [5.74, 6) is -1.01. The largest absolute Gasteiger partial charge is 0.478 e. The van der Waals surface area contributed by atoms with E-state index in [4.69, 9.17) is 5.11 Å². The summed E-state index contributed by atoms with van der Waals surface area (Å²) in [5.41, 5.74) is 0.520. The lowest BCUT2D eigenvalue weighted by atomic mass is 9.79. The minimum Gasteiger partial charge on any atom is -0.478 e. The third kappa shape index (κ3) is 2.80. The van der Waals surface area contributed by atoms with E-state index in [9.17, 15) is 9.59 Å². The molecular weight excluding hydrogens is 232 g/mol. The van der Waals surface area contributed by atoms with Crippen LogP contribution in [-0.2, 0) is 0 Å². The Bertz CT molecular complexity index is 481. The molecule has 0 unspecified atom stereocenters. The Hall–Kier alpha value is -2.04. The number of aromatic carboxylic acids is 1. The lowest BCUT2D eigenvalue weighted by molar-refractivity contribution is 0.0697. The number of amides is 2. The van der Waals surface area contributed by atoms with E-state index in [1.54, 1.807) is 12.1 Å². The third-order valence-corrected chi connectivity index (χ3v) is 3.24.